The van der Waals surface area contributed by atoms with Gasteiger partial charge in [0.1, 0.15) is 0 Å². The molecule has 60 valence electrons. The molecular formula is C5H8N4O2. The zero-order chi connectivity index (χ0) is 8.43. The SMILES string of the molecule is NCc1c(C(N)=O)noc1N. The fourth-order valence-electron chi connectivity index (χ4n) is 0.713. The number of anilines is 1. The Morgan fingerprint density at radius 2 is 2.27 bits per heavy atom. The third-order valence-corrected chi connectivity index (χ3v) is 1.26. The molecule has 0 saturated heterocycles. The van der Waals surface area contributed by atoms with Crippen LogP contribution in [0.1, 0.15) is 16.1 Å². The van der Waals surface area contributed by atoms with Gasteiger partial charge < -0.3 is 21.7 Å². The van der Waals surface area contributed by atoms with E-state index in [0.717, 1.165) is 0 Å². The van der Waals surface area contributed by atoms with E-state index in [1.54, 1.807) is 0 Å². The molecule has 6 N–H and O–H groups in total. The molecular weight excluding hydrogens is 148 g/mol. The summed E-state index contributed by atoms with van der Waals surface area (Å²) in [5.74, 6) is -0.646. The predicted molar refractivity (Wildman–Crippen MR) is 37.3 cm³/mol. The normalized spacial score (nSPS) is 9.91. The first-order chi connectivity index (χ1) is 5.16. The highest BCUT2D eigenvalue weighted by atomic mass is 16.5. The molecule has 1 aromatic heterocycles. The molecule has 0 saturated carbocycles. The van der Waals surface area contributed by atoms with E-state index in [0.29, 0.717) is 5.56 Å². The first kappa shape index (κ1) is 7.55. The monoisotopic (exact) mass is 156 g/mol. The summed E-state index contributed by atoms with van der Waals surface area (Å²) in [6.07, 6.45) is 0. The van der Waals surface area contributed by atoms with Crippen LogP contribution in [0.5, 0.6) is 0 Å². The fourth-order valence-corrected chi connectivity index (χ4v) is 0.713. The lowest BCUT2D eigenvalue weighted by Gasteiger charge is -1.91. The van der Waals surface area contributed by atoms with Crippen LogP contribution in [-0.2, 0) is 6.54 Å². The molecule has 0 atom stereocenters. The van der Waals surface area contributed by atoms with Crippen molar-refractivity contribution in [2.75, 3.05) is 5.73 Å². The number of rotatable bonds is 2. The number of nitrogens with two attached hydrogens (primary N) is 3. The van der Waals surface area contributed by atoms with Gasteiger partial charge in [-0.05, 0) is 0 Å². The van der Waals surface area contributed by atoms with Crippen LogP contribution in [0.25, 0.3) is 0 Å². The predicted octanol–water partition coefficient (Wildman–Crippen LogP) is -1.19. The Morgan fingerprint density at radius 3 is 2.64 bits per heavy atom. The molecule has 1 heterocycles. The average molecular weight is 156 g/mol. The van der Waals surface area contributed by atoms with Crippen LogP contribution < -0.4 is 17.2 Å². The van der Waals surface area contributed by atoms with Crippen molar-refractivity contribution in [2.45, 2.75) is 6.54 Å². The molecule has 0 aliphatic carbocycles. The first-order valence-corrected chi connectivity index (χ1v) is 2.90. The number of primary amides is 1. The topological polar surface area (TPSA) is 121 Å². The Hall–Kier alpha value is -1.56. The van der Waals surface area contributed by atoms with Crippen molar-refractivity contribution in [3.05, 3.63) is 11.3 Å². The number of amides is 1. The number of carbonyl (C=O) groups excluding carboxylic acids is 1. The minimum Gasteiger partial charge on any atom is -0.367 e. The van der Waals surface area contributed by atoms with Crippen LogP contribution in [0.2, 0.25) is 0 Å². The van der Waals surface area contributed by atoms with Crippen molar-refractivity contribution in [1.82, 2.24) is 5.16 Å². The molecule has 0 bridgehead atoms. The van der Waals surface area contributed by atoms with E-state index in [2.05, 4.69) is 9.68 Å². The van der Waals surface area contributed by atoms with Gasteiger partial charge in [-0.3, -0.25) is 4.79 Å². The molecule has 0 unspecified atom stereocenters. The van der Waals surface area contributed by atoms with Crippen LogP contribution in [0, 0.1) is 0 Å². The highest BCUT2D eigenvalue weighted by molar-refractivity contribution is 5.93. The molecule has 0 fully saturated rings. The number of hydrogen-bond donors (Lipinski definition) is 3. The molecule has 6 nitrogen and oxygen atoms in total. The van der Waals surface area contributed by atoms with Gasteiger partial charge in [0.2, 0.25) is 5.88 Å². The third-order valence-electron chi connectivity index (χ3n) is 1.26. The van der Waals surface area contributed by atoms with Crippen LogP contribution in [0.4, 0.5) is 5.88 Å². The number of carbonyl (C=O) groups is 1. The van der Waals surface area contributed by atoms with Gasteiger partial charge in [-0.2, -0.15) is 0 Å². The van der Waals surface area contributed by atoms with E-state index in [1.807, 2.05) is 0 Å². The first-order valence-electron chi connectivity index (χ1n) is 2.90. The quantitative estimate of drug-likeness (QED) is 0.497. The summed E-state index contributed by atoms with van der Waals surface area (Å²) < 4.78 is 4.49. The molecule has 1 rings (SSSR count). The maximum atomic E-state index is 10.6. The standard InChI is InChI=1S/C5H8N4O2/c6-1-2-3(4(7)10)9-11-5(2)8/h1,6,8H2,(H2,7,10). The lowest BCUT2D eigenvalue weighted by molar-refractivity contribution is 0.0991. The highest BCUT2D eigenvalue weighted by Gasteiger charge is 2.15. The summed E-state index contributed by atoms with van der Waals surface area (Å²) in [5, 5.41) is 3.33. The molecule has 6 heteroatoms. The van der Waals surface area contributed by atoms with Gasteiger partial charge >= 0.3 is 0 Å². The van der Waals surface area contributed by atoms with Crippen LogP contribution in [-0.4, -0.2) is 11.1 Å². The zero-order valence-corrected chi connectivity index (χ0v) is 5.70. The molecule has 1 aromatic rings. The molecule has 0 aromatic carbocycles. The lowest BCUT2D eigenvalue weighted by atomic mass is 10.2. The Labute approximate surface area is 62.3 Å². The van der Waals surface area contributed by atoms with Crippen molar-refractivity contribution in [3.8, 4) is 0 Å². The van der Waals surface area contributed by atoms with Crippen molar-refractivity contribution in [3.63, 3.8) is 0 Å². The van der Waals surface area contributed by atoms with Gasteiger partial charge in [0.15, 0.2) is 5.69 Å². The summed E-state index contributed by atoms with van der Waals surface area (Å²) in [6, 6.07) is 0. The summed E-state index contributed by atoms with van der Waals surface area (Å²) in [6.45, 7) is 0.0909. The second kappa shape index (κ2) is 2.59. The number of aromatic nitrogens is 1. The Bertz CT molecular complexity index is 280. The number of nitrogens with zero attached hydrogens (tertiary/aromatic N) is 1. The van der Waals surface area contributed by atoms with E-state index < -0.39 is 5.91 Å². The zero-order valence-electron chi connectivity index (χ0n) is 5.70. The Morgan fingerprint density at radius 1 is 1.64 bits per heavy atom. The maximum Gasteiger partial charge on any atom is 0.271 e. The van der Waals surface area contributed by atoms with E-state index in [-0.39, 0.29) is 18.1 Å². The van der Waals surface area contributed by atoms with Gasteiger partial charge in [0, 0.05) is 6.54 Å². The van der Waals surface area contributed by atoms with Crippen molar-refractivity contribution in [1.29, 1.82) is 0 Å². The van der Waals surface area contributed by atoms with Crippen molar-refractivity contribution < 1.29 is 9.32 Å². The maximum absolute atomic E-state index is 10.6. The van der Waals surface area contributed by atoms with E-state index >= 15 is 0 Å². The van der Waals surface area contributed by atoms with Gasteiger partial charge in [-0.1, -0.05) is 5.16 Å². The van der Waals surface area contributed by atoms with Gasteiger partial charge in [-0.25, -0.2) is 0 Å². The minimum absolute atomic E-state index is 0.00463. The fraction of sp³-hybridized carbons (Fsp3) is 0.200. The van der Waals surface area contributed by atoms with Crippen LogP contribution in [0.15, 0.2) is 4.52 Å². The summed E-state index contributed by atoms with van der Waals surface area (Å²) >= 11 is 0. The summed E-state index contributed by atoms with van der Waals surface area (Å²) in [4.78, 5) is 10.6. The average Bonchev–Trinajstić information content (AvgIpc) is 2.30. The molecule has 0 radical (unpaired) electrons. The van der Waals surface area contributed by atoms with E-state index in [4.69, 9.17) is 17.2 Å². The van der Waals surface area contributed by atoms with Crippen LogP contribution >= 0.6 is 0 Å². The van der Waals surface area contributed by atoms with Gasteiger partial charge in [-0.15, -0.1) is 0 Å². The molecule has 0 spiro atoms. The smallest absolute Gasteiger partial charge is 0.271 e. The molecule has 0 aliphatic heterocycles. The van der Waals surface area contributed by atoms with Crippen molar-refractivity contribution in [2.24, 2.45) is 11.5 Å². The second-order valence-corrected chi connectivity index (χ2v) is 1.94. The number of nitrogen functional groups attached to an aromatic ring is 1. The Balaban J connectivity index is 3.15. The summed E-state index contributed by atoms with van der Waals surface area (Å²) in [7, 11) is 0. The third kappa shape index (κ3) is 1.15. The van der Waals surface area contributed by atoms with E-state index in [9.17, 15) is 4.79 Å². The van der Waals surface area contributed by atoms with Gasteiger partial charge in [0.25, 0.3) is 5.91 Å². The Kier molecular flexibility index (Phi) is 1.77. The molecule has 1 amide bonds. The molecule has 0 aliphatic rings. The molecule has 11 heavy (non-hydrogen) atoms. The lowest BCUT2D eigenvalue weighted by Crippen LogP contribution is -2.15. The van der Waals surface area contributed by atoms with Crippen molar-refractivity contribution >= 4 is 11.8 Å². The van der Waals surface area contributed by atoms with E-state index in [1.165, 1.54) is 0 Å². The summed E-state index contributed by atoms with van der Waals surface area (Å²) in [5.41, 5.74) is 15.8. The second-order valence-electron chi connectivity index (χ2n) is 1.94. The highest BCUT2D eigenvalue weighted by Crippen LogP contribution is 2.14. The minimum atomic E-state index is -0.689. The van der Waals surface area contributed by atoms with Crippen LogP contribution in [0.3, 0.4) is 0 Å². The van der Waals surface area contributed by atoms with Gasteiger partial charge in [0.05, 0.1) is 5.56 Å². The largest absolute Gasteiger partial charge is 0.367 e. The number of hydrogen-bond acceptors (Lipinski definition) is 5.